The number of nitrogens with one attached hydrogen (secondary N) is 2. The lowest BCUT2D eigenvalue weighted by atomic mass is 10.0. The molecule has 11 heteroatoms. The van der Waals surface area contributed by atoms with E-state index in [0.717, 1.165) is 0 Å². The van der Waals surface area contributed by atoms with Gasteiger partial charge < -0.3 is 25.6 Å². The van der Waals surface area contributed by atoms with Crippen LogP contribution in [0.4, 0.5) is 21.9 Å². The molecule has 3 aromatic carbocycles. The molecule has 0 aliphatic carbocycles. The van der Waals surface area contributed by atoms with E-state index in [-0.39, 0.29) is 23.7 Å². The number of hydrogen-bond acceptors (Lipinski definition) is 7. The standard InChI is InChI=1S/C28H27Br2N3O6/c1-3-38-24(12-13-25(35)33-23-7-5-4-6-22(23)31)27(20-14-18(29)15-21(30)26(20)36)39-28(37)32-19-10-8-17(9-11-19)16(2)34/h4-15,24,27,36H,3,31H2,1-2H3,(H,32,37)(H,33,35)/b13-12+/t24-,27-/m0/s1. The van der Waals surface area contributed by atoms with Gasteiger partial charge >= 0.3 is 6.09 Å². The number of ether oxygens (including phenoxy) is 2. The second kappa shape index (κ2) is 13.9. The van der Waals surface area contributed by atoms with Crippen molar-refractivity contribution < 1.29 is 29.0 Å². The van der Waals surface area contributed by atoms with Gasteiger partial charge in [-0.3, -0.25) is 14.9 Å². The molecule has 0 bridgehead atoms. The zero-order valence-electron chi connectivity index (χ0n) is 21.1. The van der Waals surface area contributed by atoms with E-state index >= 15 is 0 Å². The highest BCUT2D eigenvalue weighted by Gasteiger charge is 2.30. The lowest BCUT2D eigenvalue weighted by Crippen LogP contribution is -2.28. The molecule has 0 aliphatic rings. The van der Waals surface area contributed by atoms with Gasteiger partial charge in [-0.25, -0.2) is 4.79 Å². The topological polar surface area (TPSA) is 140 Å². The van der Waals surface area contributed by atoms with E-state index in [1.807, 2.05) is 0 Å². The summed E-state index contributed by atoms with van der Waals surface area (Å²) in [5.74, 6) is -0.752. The third-order valence-corrected chi connectivity index (χ3v) is 6.51. The van der Waals surface area contributed by atoms with E-state index in [4.69, 9.17) is 15.2 Å². The second-order valence-electron chi connectivity index (χ2n) is 8.27. The van der Waals surface area contributed by atoms with Crippen LogP contribution < -0.4 is 16.4 Å². The van der Waals surface area contributed by atoms with E-state index in [1.54, 1.807) is 67.6 Å². The monoisotopic (exact) mass is 659 g/mol. The fourth-order valence-electron chi connectivity index (χ4n) is 3.56. The molecular weight excluding hydrogens is 634 g/mol. The Kier molecular flexibility index (Phi) is 10.7. The second-order valence-corrected chi connectivity index (χ2v) is 10.0. The summed E-state index contributed by atoms with van der Waals surface area (Å²) in [7, 11) is 0. The molecule has 0 aliphatic heterocycles. The van der Waals surface area contributed by atoms with Crippen LogP contribution in [0.2, 0.25) is 0 Å². The van der Waals surface area contributed by atoms with Crippen molar-refractivity contribution in [3.63, 3.8) is 0 Å². The Morgan fingerprint density at radius 3 is 2.38 bits per heavy atom. The minimum atomic E-state index is -1.17. The van der Waals surface area contributed by atoms with Crippen LogP contribution in [0.25, 0.3) is 0 Å². The number of carbonyl (C=O) groups excluding carboxylic acids is 3. The van der Waals surface area contributed by atoms with Gasteiger partial charge in [0.25, 0.3) is 0 Å². The van der Waals surface area contributed by atoms with Gasteiger partial charge in [0, 0.05) is 34.0 Å². The summed E-state index contributed by atoms with van der Waals surface area (Å²) in [6, 6.07) is 16.3. The Bertz CT molecular complexity index is 1380. The van der Waals surface area contributed by atoms with Crippen LogP contribution >= 0.6 is 31.9 Å². The fraction of sp³-hybridized carbons (Fsp3) is 0.179. The zero-order valence-corrected chi connectivity index (χ0v) is 24.3. The predicted molar refractivity (Wildman–Crippen MR) is 157 cm³/mol. The first-order valence-electron chi connectivity index (χ1n) is 11.8. The summed E-state index contributed by atoms with van der Waals surface area (Å²) in [5, 5.41) is 16.1. The number of phenols is 1. The predicted octanol–water partition coefficient (Wildman–Crippen LogP) is 6.59. The molecule has 39 heavy (non-hydrogen) atoms. The summed E-state index contributed by atoms with van der Waals surface area (Å²) < 4.78 is 12.5. The SMILES string of the molecule is CCO[C@@H](/C=C/C(=O)Nc1ccccc1N)[C@@H](OC(=O)Nc1ccc(C(C)=O)cc1)c1cc(Br)cc(Br)c1O. The third kappa shape index (κ3) is 8.41. The Morgan fingerprint density at radius 1 is 1.05 bits per heavy atom. The number of halogens is 2. The molecule has 0 spiro atoms. The normalized spacial score (nSPS) is 12.5. The van der Waals surface area contributed by atoms with Crippen LogP contribution in [0.15, 0.2) is 81.8 Å². The summed E-state index contributed by atoms with van der Waals surface area (Å²) in [5.41, 5.74) is 7.86. The smallest absolute Gasteiger partial charge is 0.412 e. The van der Waals surface area contributed by atoms with Crippen LogP contribution in [0.1, 0.15) is 35.9 Å². The van der Waals surface area contributed by atoms with Gasteiger partial charge in [0.2, 0.25) is 5.91 Å². The van der Waals surface area contributed by atoms with Crippen molar-refractivity contribution >= 4 is 66.7 Å². The number of nitrogen functional groups attached to an aromatic ring is 1. The largest absolute Gasteiger partial charge is 0.506 e. The molecule has 0 heterocycles. The number of anilines is 3. The maximum Gasteiger partial charge on any atom is 0.412 e. The molecule has 0 saturated heterocycles. The van der Waals surface area contributed by atoms with Gasteiger partial charge in [0.15, 0.2) is 11.9 Å². The Hall–Kier alpha value is -3.67. The molecule has 2 atom stereocenters. The minimum absolute atomic E-state index is 0.106. The summed E-state index contributed by atoms with van der Waals surface area (Å²) in [6.45, 7) is 3.41. The van der Waals surface area contributed by atoms with E-state index in [9.17, 15) is 19.5 Å². The molecule has 0 saturated carbocycles. The maximum absolute atomic E-state index is 12.9. The number of rotatable bonds is 10. The van der Waals surface area contributed by atoms with Crippen molar-refractivity contribution in [2.75, 3.05) is 23.0 Å². The van der Waals surface area contributed by atoms with E-state index < -0.39 is 24.2 Å². The fourth-order valence-corrected chi connectivity index (χ4v) is 4.82. The van der Waals surface area contributed by atoms with Crippen LogP contribution in [-0.4, -0.2) is 35.6 Å². The molecule has 0 aromatic heterocycles. The molecule has 0 fully saturated rings. The molecule has 9 nitrogen and oxygen atoms in total. The number of nitrogens with two attached hydrogens (primary N) is 1. The van der Waals surface area contributed by atoms with Crippen LogP contribution in [0.5, 0.6) is 5.75 Å². The zero-order chi connectivity index (χ0) is 28.5. The van der Waals surface area contributed by atoms with Gasteiger partial charge in [-0.15, -0.1) is 0 Å². The summed E-state index contributed by atoms with van der Waals surface area (Å²) in [6.07, 6.45) is -0.296. The lowest BCUT2D eigenvalue weighted by Gasteiger charge is -2.26. The molecule has 3 rings (SSSR count). The molecule has 2 amide bonds. The number of hydrogen-bond donors (Lipinski definition) is 4. The number of phenolic OH excluding ortho intramolecular Hbond substituents is 1. The first kappa shape index (κ1) is 29.9. The highest BCUT2D eigenvalue weighted by molar-refractivity contribution is 9.11. The number of carbonyl (C=O) groups is 3. The van der Waals surface area contributed by atoms with Crippen LogP contribution in [0, 0.1) is 0 Å². The highest BCUT2D eigenvalue weighted by Crippen LogP contribution is 2.39. The summed E-state index contributed by atoms with van der Waals surface area (Å²) in [4.78, 5) is 37.1. The molecular formula is C28H27Br2N3O6. The van der Waals surface area contributed by atoms with Crippen molar-refractivity contribution in [2.24, 2.45) is 0 Å². The molecule has 5 N–H and O–H groups in total. The first-order valence-corrected chi connectivity index (χ1v) is 13.4. The van der Waals surface area contributed by atoms with Crippen LogP contribution in [-0.2, 0) is 14.3 Å². The molecule has 0 radical (unpaired) electrons. The van der Waals surface area contributed by atoms with Crippen LogP contribution in [0.3, 0.4) is 0 Å². The minimum Gasteiger partial charge on any atom is -0.506 e. The number of ketones is 1. The third-order valence-electron chi connectivity index (χ3n) is 5.45. The van der Waals surface area contributed by atoms with Crippen molar-refractivity contribution in [3.8, 4) is 5.75 Å². The number of para-hydroxylation sites is 2. The summed E-state index contributed by atoms with van der Waals surface area (Å²) >= 11 is 6.69. The van der Waals surface area contributed by atoms with Gasteiger partial charge in [0.05, 0.1) is 15.8 Å². The Morgan fingerprint density at radius 2 is 1.74 bits per heavy atom. The van der Waals surface area contributed by atoms with E-state index in [0.29, 0.717) is 31.6 Å². The lowest BCUT2D eigenvalue weighted by molar-refractivity contribution is -0.112. The highest BCUT2D eigenvalue weighted by atomic mass is 79.9. The van der Waals surface area contributed by atoms with Gasteiger partial charge in [0.1, 0.15) is 11.9 Å². The first-order chi connectivity index (χ1) is 18.6. The van der Waals surface area contributed by atoms with Gasteiger partial charge in [-0.1, -0.05) is 28.1 Å². The molecule has 204 valence electrons. The van der Waals surface area contributed by atoms with Gasteiger partial charge in [-0.2, -0.15) is 0 Å². The number of Topliss-reactive ketones (excluding diaryl/α,β-unsaturated/α-hetero) is 1. The van der Waals surface area contributed by atoms with Crippen molar-refractivity contribution in [2.45, 2.75) is 26.1 Å². The van der Waals surface area contributed by atoms with Crippen molar-refractivity contribution in [1.82, 2.24) is 0 Å². The Balaban J connectivity index is 1.89. The van der Waals surface area contributed by atoms with Crippen molar-refractivity contribution in [1.29, 1.82) is 0 Å². The average molecular weight is 661 g/mol. The number of aromatic hydroxyl groups is 1. The van der Waals surface area contributed by atoms with E-state index in [2.05, 4.69) is 42.5 Å². The molecule has 3 aromatic rings. The number of benzene rings is 3. The maximum atomic E-state index is 12.9. The Labute approximate surface area is 242 Å². The van der Waals surface area contributed by atoms with Gasteiger partial charge in [-0.05, 0) is 84.4 Å². The molecule has 0 unspecified atom stereocenters. The van der Waals surface area contributed by atoms with E-state index in [1.165, 1.54) is 19.1 Å². The average Bonchev–Trinajstić information content (AvgIpc) is 2.89. The quantitative estimate of drug-likeness (QED) is 0.109. The number of amides is 2. The van der Waals surface area contributed by atoms with Crippen molar-refractivity contribution in [3.05, 3.63) is 92.9 Å².